The molecule has 0 saturated heterocycles. The van der Waals surface area contributed by atoms with Crippen molar-refractivity contribution in [3.8, 4) is 0 Å². The summed E-state index contributed by atoms with van der Waals surface area (Å²) >= 11 is 1.41. The highest BCUT2D eigenvalue weighted by atomic mass is 32.1. The van der Waals surface area contributed by atoms with Crippen molar-refractivity contribution in [1.82, 2.24) is 15.0 Å². The lowest BCUT2D eigenvalue weighted by molar-refractivity contribution is 0.285. The SMILES string of the molecule is Cc1cc(Nc2ncc(CO)s2)nc(C)n1. The van der Waals surface area contributed by atoms with Gasteiger partial charge < -0.3 is 10.4 Å². The van der Waals surface area contributed by atoms with Crippen molar-refractivity contribution < 1.29 is 5.11 Å². The summed E-state index contributed by atoms with van der Waals surface area (Å²) in [4.78, 5) is 13.4. The summed E-state index contributed by atoms with van der Waals surface area (Å²) in [6.45, 7) is 3.78. The van der Waals surface area contributed by atoms with Crippen LogP contribution >= 0.6 is 11.3 Å². The van der Waals surface area contributed by atoms with Gasteiger partial charge in [0, 0.05) is 18.0 Å². The van der Waals surface area contributed by atoms with E-state index in [9.17, 15) is 0 Å². The summed E-state index contributed by atoms with van der Waals surface area (Å²) in [6.07, 6.45) is 1.65. The molecule has 6 heteroatoms. The highest BCUT2D eigenvalue weighted by Crippen LogP contribution is 2.21. The van der Waals surface area contributed by atoms with Crippen LogP contribution in [0.3, 0.4) is 0 Å². The second-order valence-electron chi connectivity index (χ2n) is 3.36. The second-order valence-corrected chi connectivity index (χ2v) is 4.47. The molecule has 0 fully saturated rings. The number of aliphatic hydroxyl groups is 1. The molecule has 0 saturated carbocycles. The Morgan fingerprint density at radius 1 is 1.38 bits per heavy atom. The maximum absolute atomic E-state index is 8.92. The van der Waals surface area contributed by atoms with Crippen LogP contribution in [0.25, 0.3) is 0 Å². The van der Waals surface area contributed by atoms with E-state index in [0.717, 1.165) is 27.3 Å². The van der Waals surface area contributed by atoms with E-state index in [1.54, 1.807) is 6.20 Å². The van der Waals surface area contributed by atoms with Crippen molar-refractivity contribution in [2.75, 3.05) is 5.32 Å². The lowest BCUT2D eigenvalue weighted by Gasteiger charge is -2.03. The van der Waals surface area contributed by atoms with Gasteiger partial charge in [-0.25, -0.2) is 15.0 Å². The zero-order valence-electron chi connectivity index (χ0n) is 9.06. The lowest BCUT2D eigenvalue weighted by Crippen LogP contribution is -1.98. The standard InChI is InChI=1S/C10H12N4OS/c1-6-3-9(13-7(2)12-6)14-10-11-4-8(5-15)16-10/h3-4,15H,5H2,1-2H3,(H,11,12,13,14). The largest absolute Gasteiger partial charge is 0.391 e. The first-order valence-corrected chi connectivity index (χ1v) is 5.64. The van der Waals surface area contributed by atoms with Crippen molar-refractivity contribution >= 4 is 22.3 Å². The van der Waals surface area contributed by atoms with Gasteiger partial charge in [0.1, 0.15) is 11.6 Å². The van der Waals surface area contributed by atoms with E-state index in [-0.39, 0.29) is 6.61 Å². The number of thiazole rings is 1. The lowest BCUT2D eigenvalue weighted by atomic mass is 10.4. The molecule has 2 heterocycles. The van der Waals surface area contributed by atoms with Crippen molar-refractivity contribution in [1.29, 1.82) is 0 Å². The van der Waals surface area contributed by atoms with Gasteiger partial charge in [-0.3, -0.25) is 0 Å². The molecule has 84 valence electrons. The number of nitrogens with zero attached hydrogens (tertiary/aromatic N) is 3. The van der Waals surface area contributed by atoms with Gasteiger partial charge in [-0.1, -0.05) is 11.3 Å². The van der Waals surface area contributed by atoms with Gasteiger partial charge in [0.25, 0.3) is 0 Å². The molecular formula is C10H12N4OS. The van der Waals surface area contributed by atoms with E-state index in [0.29, 0.717) is 0 Å². The fourth-order valence-corrected chi connectivity index (χ4v) is 2.01. The van der Waals surface area contributed by atoms with Crippen LogP contribution in [0, 0.1) is 13.8 Å². The molecule has 0 spiro atoms. The molecule has 2 N–H and O–H groups in total. The molecule has 0 unspecified atom stereocenters. The third-order valence-corrected chi connectivity index (χ3v) is 2.81. The summed E-state index contributed by atoms with van der Waals surface area (Å²) in [5, 5.41) is 12.7. The Hall–Kier alpha value is -1.53. The second kappa shape index (κ2) is 4.54. The van der Waals surface area contributed by atoms with Gasteiger partial charge in [0.15, 0.2) is 5.13 Å². The van der Waals surface area contributed by atoms with Crippen molar-refractivity contribution in [3.63, 3.8) is 0 Å². The zero-order valence-corrected chi connectivity index (χ0v) is 9.88. The van der Waals surface area contributed by atoms with E-state index < -0.39 is 0 Å². The van der Waals surface area contributed by atoms with Crippen LogP contribution in [0.15, 0.2) is 12.3 Å². The fraction of sp³-hybridized carbons (Fsp3) is 0.300. The molecule has 0 amide bonds. The van der Waals surface area contributed by atoms with E-state index in [4.69, 9.17) is 5.11 Å². The van der Waals surface area contributed by atoms with Crippen LogP contribution in [0.4, 0.5) is 10.9 Å². The first kappa shape index (κ1) is 11.0. The van der Waals surface area contributed by atoms with Crippen molar-refractivity contribution in [2.24, 2.45) is 0 Å². The third-order valence-electron chi connectivity index (χ3n) is 1.91. The first-order chi connectivity index (χ1) is 7.67. The minimum absolute atomic E-state index is 0.0151. The summed E-state index contributed by atoms with van der Waals surface area (Å²) in [7, 11) is 0. The molecule has 0 aromatic carbocycles. The Kier molecular flexibility index (Phi) is 3.12. The maximum Gasteiger partial charge on any atom is 0.188 e. The molecule has 0 aliphatic rings. The van der Waals surface area contributed by atoms with Gasteiger partial charge >= 0.3 is 0 Å². The normalized spacial score (nSPS) is 10.4. The minimum Gasteiger partial charge on any atom is -0.391 e. The van der Waals surface area contributed by atoms with E-state index in [2.05, 4.69) is 20.3 Å². The van der Waals surface area contributed by atoms with Crippen molar-refractivity contribution in [2.45, 2.75) is 20.5 Å². The number of rotatable bonds is 3. The highest BCUT2D eigenvalue weighted by Gasteiger charge is 2.03. The maximum atomic E-state index is 8.92. The van der Waals surface area contributed by atoms with Gasteiger partial charge in [-0.2, -0.15) is 0 Å². The van der Waals surface area contributed by atoms with Crippen molar-refractivity contribution in [3.05, 3.63) is 28.7 Å². The van der Waals surface area contributed by atoms with Gasteiger partial charge in [-0.05, 0) is 13.8 Å². The highest BCUT2D eigenvalue weighted by molar-refractivity contribution is 7.15. The quantitative estimate of drug-likeness (QED) is 0.850. The summed E-state index contributed by atoms with van der Waals surface area (Å²) in [6, 6.07) is 1.85. The number of anilines is 2. The monoisotopic (exact) mass is 236 g/mol. The molecular weight excluding hydrogens is 224 g/mol. The number of hydrogen-bond acceptors (Lipinski definition) is 6. The Balaban J connectivity index is 2.19. The van der Waals surface area contributed by atoms with E-state index >= 15 is 0 Å². The van der Waals surface area contributed by atoms with Crippen LogP contribution in [0.5, 0.6) is 0 Å². The predicted molar refractivity (Wildman–Crippen MR) is 62.8 cm³/mol. The number of aryl methyl sites for hydroxylation is 2. The minimum atomic E-state index is 0.0151. The molecule has 2 rings (SSSR count). The molecule has 5 nitrogen and oxygen atoms in total. The Labute approximate surface area is 97.2 Å². The third kappa shape index (κ3) is 2.53. The molecule has 0 aliphatic heterocycles. The Bertz CT molecular complexity index is 477. The fourth-order valence-electron chi connectivity index (χ4n) is 1.33. The van der Waals surface area contributed by atoms with E-state index in [1.807, 2.05) is 19.9 Å². The molecule has 0 bridgehead atoms. The van der Waals surface area contributed by atoms with Crippen LogP contribution in [-0.2, 0) is 6.61 Å². The van der Waals surface area contributed by atoms with Crippen LogP contribution in [0.1, 0.15) is 16.4 Å². The average Bonchev–Trinajstić information content (AvgIpc) is 2.64. The summed E-state index contributed by atoms with van der Waals surface area (Å²) in [5.41, 5.74) is 0.911. The van der Waals surface area contributed by atoms with Crippen LogP contribution < -0.4 is 5.32 Å². The molecule has 0 radical (unpaired) electrons. The summed E-state index contributed by atoms with van der Waals surface area (Å²) in [5.74, 6) is 1.45. The predicted octanol–water partition coefficient (Wildman–Crippen LogP) is 1.79. The topological polar surface area (TPSA) is 70.9 Å². The number of aliphatic hydroxyl groups excluding tert-OH is 1. The Morgan fingerprint density at radius 3 is 2.81 bits per heavy atom. The van der Waals surface area contributed by atoms with E-state index in [1.165, 1.54) is 11.3 Å². The molecule has 0 atom stereocenters. The van der Waals surface area contributed by atoms with Gasteiger partial charge in [0.2, 0.25) is 0 Å². The van der Waals surface area contributed by atoms with Crippen LogP contribution in [-0.4, -0.2) is 20.1 Å². The smallest absolute Gasteiger partial charge is 0.188 e. The Morgan fingerprint density at radius 2 is 2.19 bits per heavy atom. The number of aromatic nitrogens is 3. The van der Waals surface area contributed by atoms with Crippen LogP contribution in [0.2, 0.25) is 0 Å². The zero-order chi connectivity index (χ0) is 11.5. The molecule has 0 aliphatic carbocycles. The molecule has 16 heavy (non-hydrogen) atoms. The van der Waals surface area contributed by atoms with Gasteiger partial charge in [0.05, 0.1) is 11.5 Å². The number of nitrogens with one attached hydrogen (secondary N) is 1. The number of hydrogen-bond donors (Lipinski definition) is 2. The summed E-state index contributed by atoms with van der Waals surface area (Å²) < 4.78 is 0. The van der Waals surface area contributed by atoms with Gasteiger partial charge in [-0.15, -0.1) is 0 Å². The molecule has 2 aromatic heterocycles. The first-order valence-electron chi connectivity index (χ1n) is 4.82. The average molecular weight is 236 g/mol. The molecule has 2 aromatic rings.